The lowest BCUT2D eigenvalue weighted by molar-refractivity contribution is -0.138. The lowest BCUT2D eigenvalue weighted by atomic mass is 10.1. The molecule has 1 aromatic rings. The summed E-state index contributed by atoms with van der Waals surface area (Å²) in [5, 5.41) is 11.5. The van der Waals surface area contributed by atoms with Crippen molar-refractivity contribution in [3.05, 3.63) is 23.8 Å². The van der Waals surface area contributed by atoms with Gasteiger partial charge in [-0.1, -0.05) is 6.07 Å². The number of benzene rings is 1. The molecular formula is C11H12N2O3S. The van der Waals surface area contributed by atoms with Crippen LogP contribution in [0.25, 0.3) is 0 Å². The summed E-state index contributed by atoms with van der Waals surface area (Å²) in [5.74, 6) is -0.636. The second-order valence-corrected chi connectivity index (χ2v) is 4.83. The first kappa shape index (κ1) is 11.9. The van der Waals surface area contributed by atoms with Gasteiger partial charge < -0.3 is 16.2 Å². The molecule has 0 saturated heterocycles. The van der Waals surface area contributed by atoms with Crippen molar-refractivity contribution in [2.75, 3.05) is 11.1 Å². The Kier molecular flexibility index (Phi) is 3.35. The minimum absolute atomic E-state index is 0.0162. The van der Waals surface area contributed by atoms with E-state index in [4.69, 9.17) is 10.8 Å². The van der Waals surface area contributed by atoms with E-state index < -0.39 is 12.0 Å². The third-order valence-corrected chi connectivity index (χ3v) is 3.51. The molecule has 1 unspecified atom stereocenters. The molecule has 1 aliphatic heterocycles. The van der Waals surface area contributed by atoms with Gasteiger partial charge in [-0.2, -0.15) is 0 Å². The smallest absolute Gasteiger partial charge is 0.320 e. The average molecular weight is 252 g/mol. The molecule has 0 aromatic heterocycles. The number of hydrogen-bond donors (Lipinski definition) is 3. The SMILES string of the molecule is NC(Cc1ccc2c(c1)SCC(=O)N2)C(=O)O. The first-order valence-corrected chi connectivity index (χ1v) is 6.09. The van der Waals surface area contributed by atoms with Crippen molar-refractivity contribution in [3.63, 3.8) is 0 Å². The third-order valence-electron chi connectivity index (χ3n) is 2.45. The lowest BCUT2D eigenvalue weighted by Crippen LogP contribution is -2.32. The number of carboxylic acid groups (broad SMARTS) is 1. The summed E-state index contributed by atoms with van der Waals surface area (Å²) < 4.78 is 0. The first-order valence-electron chi connectivity index (χ1n) is 5.10. The Hall–Kier alpha value is -1.53. The zero-order valence-corrected chi connectivity index (χ0v) is 9.79. The van der Waals surface area contributed by atoms with E-state index in [-0.39, 0.29) is 12.3 Å². The maximum absolute atomic E-state index is 11.1. The van der Waals surface area contributed by atoms with Crippen LogP contribution in [0.4, 0.5) is 5.69 Å². The van der Waals surface area contributed by atoms with Gasteiger partial charge in [0, 0.05) is 4.90 Å². The molecule has 1 heterocycles. The molecule has 6 heteroatoms. The monoisotopic (exact) mass is 252 g/mol. The number of hydrogen-bond acceptors (Lipinski definition) is 4. The van der Waals surface area contributed by atoms with Crippen LogP contribution in [-0.4, -0.2) is 28.8 Å². The summed E-state index contributed by atoms with van der Waals surface area (Å²) in [7, 11) is 0. The zero-order chi connectivity index (χ0) is 12.4. The van der Waals surface area contributed by atoms with Crippen molar-refractivity contribution in [2.45, 2.75) is 17.4 Å². The van der Waals surface area contributed by atoms with E-state index in [0.717, 1.165) is 16.1 Å². The number of anilines is 1. The van der Waals surface area contributed by atoms with Gasteiger partial charge in [0.25, 0.3) is 0 Å². The number of nitrogens with one attached hydrogen (secondary N) is 1. The van der Waals surface area contributed by atoms with Crippen molar-refractivity contribution < 1.29 is 14.7 Å². The molecule has 0 fully saturated rings. The number of aliphatic carboxylic acids is 1. The predicted octanol–water partition coefficient (Wildman–Crippen LogP) is 0.685. The molecule has 0 saturated carbocycles. The summed E-state index contributed by atoms with van der Waals surface area (Å²) in [6.07, 6.45) is 0.289. The molecule has 17 heavy (non-hydrogen) atoms. The van der Waals surface area contributed by atoms with Crippen LogP contribution in [0.15, 0.2) is 23.1 Å². The van der Waals surface area contributed by atoms with E-state index in [9.17, 15) is 9.59 Å². The average Bonchev–Trinajstić information content (AvgIpc) is 2.29. The highest BCUT2D eigenvalue weighted by molar-refractivity contribution is 8.00. The van der Waals surface area contributed by atoms with Crippen LogP contribution in [0, 0.1) is 0 Å². The highest BCUT2D eigenvalue weighted by Crippen LogP contribution is 2.32. The van der Waals surface area contributed by atoms with Gasteiger partial charge in [0.1, 0.15) is 6.04 Å². The minimum atomic E-state index is -1.01. The number of carbonyl (C=O) groups is 2. The quantitative estimate of drug-likeness (QED) is 0.736. The molecule has 0 spiro atoms. The molecule has 2 rings (SSSR count). The van der Waals surface area contributed by atoms with Crippen molar-refractivity contribution in [1.82, 2.24) is 0 Å². The summed E-state index contributed by atoms with van der Waals surface area (Å²) >= 11 is 1.45. The molecule has 4 N–H and O–H groups in total. The van der Waals surface area contributed by atoms with Crippen LogP contribution >= 0.6 is 11.8 Å². The Labute approximate surface area is 102 Å². The van der Waals surface area contributed by atoms with Crippen LogP contribution in [0.2, 0.25) is 0 Å². The van der Waals surface area contributed by atoms with Gasteiger partial charge in [-0.3, -0.25) is 9.59 Å². The first-order chi connectivity index (χ1) is 8.06. The molecule has 1 atom stereocenters. The second kappa shape index (κ2) is 4.77. The van der Waals surface area contributed by atoms with Gasteiger partial charge in [-0.05, 0) is 24.1 Å². The highest BCUT2D eigenvalue weighted by atomic mass is 32.2. The fraction of sp³-hybridized carbons (Fsp3) is 0.273. The van der Waals surface area contributed by atoms with Gasteiger partial charge >= 0.3 is 5.97 Å². The van der Waals surface area contributed by atoms with E-state index in [0.29, 0.717) is 5.75 Å². The number of fused-ring (bicyclic) bond motifs is 1. The Morgan fingerprint density at radius 1 is 1.59 bits per heavy atom. The number of rotatable bonds is 3. The molecule has 1 aliphatic rings. The Bertz CT molecular complexity index is 476. The van der Waals surface area contributed by atoms with Crippen molar-refractivity contribution >= 4 is 29.3 Å². The summed E-state index contributed by atoms with van der Waals surface area (Å²) in [6, 6.07) is 4.55. The highest BCUT2D eigenvalue weighted by Gasteiger charge is 2.17. The topological polar surface area (TPSA) is 92.4 Å². The molecule has 90 valence electrons. The predicted molar refractivity (Wildman–Crippen MR) is 65.1 cm³/mol. The summed E-state index contributed by atoms with van der Waals surface area (Å²) in [5.41, 5.74) is 7.11. The van der Waals surface area contributed by atoms with E-state index in [1.165, 1.54) is 11.8 Å². The van der Waals surface area contributed by atoms with E-state index in [2.05, 4.69) is 5.32 Å². The Morgan fingerprint density at radius 2 is 2.35 bits per heavy atom. The minimum Gasteiger partial charge on any atom is -0.480 e. The number of thioether (sulfide) groups is 1. The van der Waals surface area contributed by atoms with E-state index >= 15 is 0 Å². The standard InChI is InChI=1S/C11H12N2O3S/c12-7(11(15)16)3-6-1-2-8-9(4-6)17-5-10(14)13-8/h1-2,4,7H,3,5,12H2,(H,13,14)(H,15,16). The summed E-state index contributed by atoms with van der Waals surface area (Å²) in [4.78, 5) is 22.8. The van der Waals surface area contributed by atoms with Crippen LogP contribution in [0.1, 0.15) is 5.56 Å². The molecule has 0 radical (unpaired) electrons. The van der Waals surface area contributed by atoms with E-state index in [1.807, 2.05) is 6.07 Å². The number of nitrogens with two attached hydrogens (primary N) is 1. The molecule has 5 nitrogen and oxygen atoms in total. The maximum Gasteiger partial charge on any atom is 0.320 e. The number of carbonyl (C=O) groups excluding carboxylic acids is 1. The van der Waals surface area contributed by atoms with E-state index in [1.54, 1.807) is 12.1 Å². The zero-order valence-electron chi connectivity index (χ0n) is 8.97. The molecule has 1 amide bonds. The fourth-order valence-corrected chi connectivity index (χ4v) is 2.46. The van der Waals surface area contributed by atoms with Gasteiger partial charge in [-0.15, -0.1) is 11.8 Å². The van der Waals surface area contributed by atoms with Crippen LogP contribution in [0.3, 0.4) is 0 Å². The van der Waals surface area contributed by atoms with Crippen molar-refractivity contribution in [2.24, 2.45) is 5.73 Å². The molecule has 1 aromatic carbocycles. The fourth-order valence-electron chi connectivity index (χ4n) is 1.59. The normalized spacial score (nSPS) is 15.9. The Morgan fingerprint density at radius 3 is 3.06 bits per heavy atom. The van der Waals surface area contributed by atoms with Gasteiger partial charge in [0.15, 0.2) is 0 Å². The number of amides is 1. The summed E-state index contributed by atoms with van der Waals surface area (Å²) in [6.45, 7) is 0. The van der Waals surface area contributed by atoms with Crippen LogP contribution in [0.5, 0.6) is 0 Å². The van der Waals surface area contributed by atoms with Gasteiger partial charge in [-0.25, -0.2) is 0 Å². The lowest BCUT2D eigenvalue weighted by Gasteiger charge is -2.17. The van der Waals surface area contributed by atoms with Crippen molar-refractivity contribution in [1.29, 1.82) is 0 Å². The van der Waals surface area contributed by atoms with Crippen molar-refractivity contribution in [3.8, 4) is 0 Å². The molecule has 0 aliphatic carbocycles. The molecule has 0 bridgehead atoms. The largest absolute Gasteiger partial charge is 0.480 e. The Balaban J connectivity index is 2.16. The van der Waals surface area contributed by atoms with Crippen LogP contribution < -0.4 is 11.1 Å². The van der Waals surface area contributed by atoms with Gasteiger partial charge in [0.2, 0.25) is 5.91 Å². The molecular weight excluding hydrogens is 240 g/mol. The van der Waals surface area contributed by atoms with Crippen LogP contribution in [-0.2, 0) is 16.0 Å². The third kappa shape index (κ3) is 2.78. The van der Waals surface area contributed by atoms with Gasteiger partial charge in [0.05, 0.1) is 11.4 Å². The number of carboxylic acids is 1. The maximum atomic E-state index is 11.1. The second-order valence-electron chi connectivity index (χ2n) is 3.82.